The van der Waals surface area contributed by atoms with Gasteiger partial charge in [-0.1, -0.05) is 12.1 Å². The molecule has 3 rings (SSSR count). The lowest BCUT2D eigenvalue weighted by atomic mass is 9.87. The van der Waals surface area contributed by atoms with Crippen molar-refractivity contribution in [2.24, 2.45) is 0 Å². The zero-order chi connectivity index (χ0) is 18.9. The number of fused-ring (bicyclic) bond motifs is 1. The molecule has 1 unspecified atom stereocenters. The highest BCUT2D eigenvalue weighted by Gasteiger charge is 2.34. The molecule has 1 heterocycles. The van der Waals surface area contributed by atoms with Gasteiger partial charge in [0.1, 0.15) is 17.1 Å². The highest BCUT2D eigenvalue weighted by atomic mass is 16.5. The van der Waals surface area contributed by atoms with Crippen LogP contribution in [0.1, 0.15) is 41.2 Å². The van der Waals surface area contributed by atoms with Crippen LogP contribution < -0.4 is 15.8 Å². The zero-order valence-electron chi connectivity index (χ0n) is 16.3. The van der Waals surface area contributed by atoms with Crippen LogP contribution in [0.5, 0.6) is 11.5 Å². The number of nitrogens with two attached hydrogens (primary N) is 1. The van der Waals surface area contributed by atoms with Crippen molar-refractivity contribution < 1.29 is 9.84 Å². The third-order valence-electron chi connectivity index (χ3n) is 5.66. The fraction of sp³-hybridized carbons (Fsp3) is 0.455. The largest absolute Gasteiger partial charge is 0.507 e. The van der Waals surface area contributed by atoms with Crippen LogP contribution in [0.3, 0.4) is 0 Å². The van der Waals surface area contributed by atoms with E-state index in [9.17, 15) is 5.11 Å². The Kier molecular flexibility index (Phi) is 5.15. The lowest BCUT2D eigenvalue weighted by Crippen LogP contribution is -2.46. The standard InChI is InChI=1S/C22H30N2O2/c1-14-15(2)21-19(16(3)20(14)25)9-11-22(4,26-21)13-24-12-10-17-5-7-18(23)8-6-17/h5-8,24-25H,9-13,23H2,1-4H3. The molecule has 1 aliphatic heterocycles. The Labute approximate surface area is 156 Å². The van der Waals surface area contributed by atoms with Crippen molar-refractivity contribution in [2.75, 3.05) is 18.8 Å². The molecule has 0 fully saturated rings. The van der Waals surface area contributed by atoms with Gasteiger partial charge in [0, 0.05) is 17.8 Å². The van der Waals surface area contributed by atoms with Crippen molar-refractivity contribution in [3.63, 3.8) is 0 Å². The van der Waals surface area contributed by atoms with Crippen LogP contribution in [0.2, 0.25) is 0 Å². The molecule has 0 amide bonds. The van der Waals surface area contributed by atoms with E-state index in [1.165, 1.54) is 5.56 Å². The zero-order valence-corrected chi connectivity index (χ0v) is 16.3. The second-order valence-electron chi connectivity index (χ2n) is 7.75. The number of hydrogen-bond acceptors (Lipinski definition) is 4. The first-order chi connectivity index (χ1) is 12.3. The molecule has 0 aliphatic carbocycles. The Balaban J connectivity index is 1.62. The van der Waals surface area contributed by atoms with Crippen LogP contribution in [0, 0.1) is 20.8 Å². The number of anilines is 1. The van der Waals surface area contributed by atoms with E-state index >= 15 is 0 Å². The molecule has 4 nitrogen and oxygen atoms in total. The predicted octanol–water partition coefficient (Wildman–Crippen LogP) is 3.82. The van der Waals surface area contributed by atoms with Crippen molar-refractivity contribution in [1.82, 2.24) is 5.32 Å². The van der Waals surface area contributed by atoms with Gasteiger partial charge in [0.15, 0.2) is 0 Å². The van der Waals surface area contributed by atoms with Crippen LogP contribution in [0.15, 0.2) is 24.3 Å². The Morgan fingerprint density at radius 3 is 2.50 bits per heavy atom. The Bertz CT molecular complexity index is 799. The molecule has 26 heavy (non-hydrogen) atoms. The molecule has 1 atom stereocenters. The number of benzene rings is 2. The van der Waals surface area contributed by atoms with E-state index in [0.29, 0.717) is 5.75 Å². The van der Waals surface area contributed by atoms with Crippen molar-refractivity contribution in [1.29, 1.82) is 0 Å². The topological polar surface area (TPSA) is 67.5 Å². The first-order valence-corrected chi connectivity index (χ1v) is 9.36. The van der Waals surface area contributed by atoms with Gasteiger partial charge in [0.2, 0.25) is 0 Å². The van der Waals surface area contributed by atoms with E-state index in [1.807, 2.05) is 32.9 Å². The Hall–Kier alpha value is -2.20. The van der Waals surface area contributed by atoms with Crippen LogP contribution >= 0.6 is 0 Å². The van der Waals surface area contributed by atoms with E-state index in [1.54, 1.807) is 0 Å². The lowest BCUT2D eigenvalue weighted by Gasteiger charge is -2.38. The smallest absolute Gasteiger partial charge is 0.127 e. The molecule has 0 spiro atoms. The van der Waals surface area contributed by atoms with E-state index in [4.69, 9.17) is 10.5 Å². The van der Waals surface area contributed by atoms with Gasteiger partial charge in [-0.05, 0) is 87.9 Å². The number of ether oxygens (including phenoxy) is 1. The average Bonchev–Trinajstić information content (AvgIpc) is 2.63. The number of phenolic OH excluding ortho intramolecular Hbond substituents is 1. The minimum Gasteiger partial charge on any atom is -0.507 e. The summed E-state index contributed by atoms with van der Waals surface area (Å²) in [7, 11) is 0. The molecule has 0 aromatic heterocycles. The maximum atomic E-state index is 10.3. The third kappa shape index (κ3) is 3.65. The number of phenols is 1. The first-order valence-electron chi connectivity index (χ1n) is 9.36. The molecule has 0 saturated heterocycles. The summed E-state index contributed by atoms with van der Waals surface area (Å²) in [6, 6.07) is 8.04. The summed E-state index contributed by atoms with van der Waals surface area (Å²) in [6.07, 6.45) is 2.85. The summed E-state index contributed by atoms with van der Waals surface area (Å²) < 4.78 is 6.44. The number of rotatable bonds is 5. The third-order valence-corrected chi connectivity index (χ3v) is 5.66. The van der Waals surface area contributed by atoms with Gasteiger partial charge in [0.25, 0.3) is 0 Å². The second kappa shape index (κ2) is 7.20. The fourth-order valence-corrected chi connectivity index (χ4v) is 3.69. The van der Waals surface area contributed by atoms with Crippen molar-refractivity contribution in [3.8, 4) is 11.5 Å². The summed E-state index contributed by atoms with van der Waals surface area (Å²) >= 11 is 0. The molecule has 0 saturated carbocycles. The highest BCUT2D eigenvalue weighted by Crippen LogP contribution is 2.43. The average molecular weight is 354 g/mol. The number of nitrogen functional groups attached to an aromatic ring is 1. The fourth-order valence-electron chi connectivity index (χ4n) is 3.69. The molecule has 4 N–H and O–H groups in total. The van der Waals surface area contributed by atoms with Gasteiger partial charge in [-0.25, -0.2) is 0 Å². The molecular weight excluding hydrogens is 324 g/mol. The SMILES string of the molecule is Cc1c(C)c2c(c(C)c1O)CCC(C)(CNCCc1ccc(N)cc1)O2. The normalized spacial score (nSPS) is 19.1. The Morgan fingerprint density at radius 1 is 1.12 bits per heavy atom. The van der Waals surface area contributed by atoms with Crippen LogP contribution in [-0.2, 0) is 12.8 Å². The van der Waals surface area contributed by atoms with E-state index < -0.39 is 0 Å². The molecular formula is C22H30N2O2. The van der Waals surface area contributed by atoms with Gasteiger partial charge >= 0.3 is 0 Å². The molecule has 140 valence electrons. The first kappa shape index (κ1) is 18.6. The monoisotopic (exact) mass is 354 g/mol. The van der Waals surface area contributed by atoms with Gasteiger partial charge < -0.3 is 20.9 Å². The molecule has 0 bridgehead atoms. The van der Waals surface area contributed by atoms with Crippen molar-refractivity contribution in [2.45, 2.75) is 52.6 Å². The van der Waals surface area contributed by atoms with E-state index in [0.717, 1.165) is 66.0 Å². The van der Waals surface area contributed by atoms with Gasteiger partial charge in [-0.3, -0.25) is 0 Å². The summed E-state index contributed by atoms with van der Waals surface area (Å²) in [4.78, 5) is 0. The lowest BCUT2D eigenvalue weighted by molar-refractivity contribution is 0.0636. The number of nitrogens with one attached hydrogen (secondary N) is 1. The van der Waals surface area contributed by atoms with Gasteiger partial charge in [-0.15, -0.1) is 0 Å². The summed E-state index contributed by atoms with van der Waals surface area (Å²) in [5.74, 6) is 1.38. The number of hydrogen-bond donors (Lipinski definition) is 3. The molecule has 4 heteroatoms. The summed E-state index contributed by atoms with van der Waals surface area (Å²) in [5, 5.41) is 13.8. The minimum absolute atomic E-state index is 0.227. The van der Waals surface area contributed by atoms with Crippen LogP contribution in [-0.4, -0.2) is 23.8 Å². The van der Waals surface area contributed by atoms with Crippen LogP contribution in [0.4, 0.5) is 5.69 Å². The Morgan fingerprint density at radius 2 is 1.81 bits per heavy atom. The number of aromatic hydroxyl groups is 1. The second-order valence-corrected chi connectivity index (χ2v) is 7.75. The maximum Gasteiger partial charge on any atom is 0.127 e. The van der Waals surface area contributed by atoms with Crippen molar-refractivity contribution in [3.05, 3.63) is 52.1 Å². The maximum absolute atomic E-state index is 10.3. The molecule has 1 aliphatic rings. The summed E-state index contributed by atoms with van der Waals surface area (Å²) in [6.45, 7) is 9.86. The molecule has 0 radical (unpaired) electrons. The molecule has 2 aromatic carbocycles. The van der Waals surface area contributed by atoms with E-state index in [-0.39, 0.29) is 5.60 Å². The quantitative estimate of drug-likeness (QED) is 0.564. The van der Waals surface area contributed by atoms with E-state index in [2.05, 4.69) is 24.4 Å². The molecule has 2 aromatic rings. The van der Waals surface area contributed by atoms with Crippen molar-refractivity contribution >= 4 is 5.69 Å². The van der Waals surface area contributed by atoms with Gasteiger partial charge in [-0.2, -0.15) is 0 Å². The van der Waals surface area contributed by atoms with Gasteiger partial charge in [0.05, 0.1) is 0 Å². The predicted molar refractivity (Wildman–Crippen MR) is 107 cm³/mol. The summed E-state index contributed by atoms with van der Waals surface area (Å²) in [5.41, 5.74) is 11.7. The highest BCUT2D eigenvalue weighted by molar-refractivity contribution is 5.58. The minimum atomic E-state index is -0.227. The van der Waals surface area contributed by atoms with Crippen LogP contribution in [0.25, 0.3) is 0 Å².